The van der Waals surface area contributed by atoms with Gasteiger partial charge in [-0.2, -0.15) is 0 Å². The van der Waals surface area contributed by atoms with Crippen molar-refractivity contribution in [2.24, 2.45) is 11.8 Å². The fourth-order valence-corrected chi connectivity index (χ4v) is 3.23. The van der Waals surface area contributed by atoms with E-state index in [1.54, 1.807) is 13.8 Å². The number of piperidine rings is 1. The molecular formula is C16H27N3O4. The van der Waals surface area contributed by atoms with Crippen molar-refractivity contribution in [3.8, 4) is 0 Å². The highest BCUT2D eigenvalue weighted by molar-refractivity contribution is 5.85. The van der Waals surface area contributed by atoms with Crippen molar-refractivity contribution in [3.05, 3.63) is 0 Å². The standard InChI is InChI=1S/C16H27N3O4/c1-11(2)13(15(21)22)17-14(20)12-5-9-19(10-6-12)16(23)18-7-3-4-8-18/h11-13H,3-10H2,1-2H3,(H,17,20)(H,21,22)/t13-/m0/s1. The molecule has 7 nitrogen and oxygen atoms in total. The number of nitrogens with one attached hydrogen (secondary N) is 1. The quantitative estimate of drug-likeness (QED) is 0.811. The lowest BCUT2D eigenvalue weighted by Crippen LogP contribution is -2.50. The molecular weight excluding hydrogens is 298 g/mol. The average molecular weight is 325 g/mol. The molecule has 0 unspecified atom stereocenters. The highest BCUT2D eigenvalue weighted by atomic mass is 16.4. The number of carboxylic acids is 1. The normalized spacial score (nSPS) is 20.7. The summed E-state index contributed by atoms with van der Waals surface area (Å²) in [5.41, 5.74) is 0. The molecule has 7 heteroatoms. The third kappa shape index (κ3) is 4.36. The summed E-state index contributed by atoms with van der Waals surface area (Å²) in [6.07, 6.45) is 3.32. The fourth-order valence-electron chi connectivity index (χ4n) is 3.23. The molecule has 0 spiro atoms. The summed E-state index contributed by atoms with van der Waals surface area (Å²) in [4.78, 5) is 39.4. The molecule has 0 saturated carbocycles. The maximum atomic E-state index is 12.3. The molecule has 0 aliphatic carbocycles. The van der Waals surface area contributed by atoms with E-state index in [1.165, 1.54) is 0 Å². The first-order valence-corrected chi connectivity index (χ1v) is 8.47. The van der Waals surface area contributed by atoms with Gasteiger partial charge in [-0.3, -0.25) is 4.79 Å². The number of hydrogen-bond donors (Lipinski definition) is 2. The molecule has 3 amide bonds. The largest absolute Gasteiger partial charge is 0.480 e. The second kappa shape index (κ2) is 7.66. The van der Waals surface area contributed by atoms with Crippen molar-refractivity contribution in [1.82, 2.24) is 15.1 Å². The average Bonchev–Trinajstić information content (AvgIpc) is 3.05. The zero-order valence-electron chi connectivity index (χ0n) is 14.0. The summed E-state index contributed by atoms with van der Waals surface area (Å²) in [5, 5.41) is 11.8. The molecule has 1 atom stereocenters. The maximum Gasteiger partial charge on any atom is 0.326 e. The monoisotopic (exact) mass is 325 g/mol. The molecule has 23 heavy (non-hydrogen) atoms. The molecule has 2 heterocycles. The van der Waals surface area contributed by atoms with Crippen LogP contribution in [0.4, 0.5) is 4.79 Å². The Morgan fingerprint density at radius 3 is 2.00 bits per heavy atom. The second-order valence-corrected chi connectivity index (χ2v) is 6.81. The Balaban J connectivity index is 1.82. The third-order valence-electron chi connectivity index (χ3n) is 4.74. The molecule has 2 fully saturated rings. The van der Waals surface area contributed by atoms with E-state index in [1.807, 2.05) is 9.80 Å². The van der Waals surface area contributed by atoms with Gasteiger partial charge in [-0.1, -0.05) is 13.8 Å². The van der Waals surface area contributed by atoms with Gasteiger partial charge in [0.05, 0.1) is 0 Å². The van der Waals surface area contributed by atoms with E-state index in [2.05, 4.69) is 5.32 Å². The minimum Gasteiger partial charge on any atom is -0.480 e. The van der Waals surface area contributed by atoms with Crippen molar-refractivity contribution in [1.29, 1.82) is 0 Å². The molecule has 130 valence electrons. The van der Waals surface area contributed by atoms with Gasteiger partial charge in [-0.05, 0) is 31.6 Å². The Morgan fingerprint density at radius 2 is 1.52 bits per heavy atom. The first kappa shape index (κ1) is 17.6. The van der Waals surface area contributed by atoms with Crippen LogP contribution in [0.3, 0.4) is 0 Å². The number of amides is 3. The van der Waals surface area contributed by atoms with Crippen molar-refractivity contribution in [3.63, 3.8) is 0 Å². The summed E-state index contributed by atoms with van der Waals surface area (Å²) in [6.45, 7) is 6.33. The van der Waals surface area contributed by atoms with Crippen LogP contribution in [0.5, 0.6) is 0 Å². The minimum absolute atomic E-state index is 0.0759. The van der Waals surface area contributed by atoms with Gasteiger partial charge in [-0.15, -0.1) is 0 Å². The number of carbonyl (C=O) groups excluding carboxylic acids is 2. The molecule has 0 radical (unpaired) electrons. The van der Waals surface area contributed by atoms with Crippen LogP contribution in [0.2, 0.25) is 0 Å². The lowest BCUT2D eigenvalue weighted by molar-refractivity contribution is -0.144. The van der Waals surface area contributed by atoms with Crippen LogP contribution in [-0.4, -0.2) is 65.0 Å². The van der Waals surface area contributed by atoms with Crippen molar-refractivity contribution in [2.45, 2.75) is 45.6 Å². The highest BCUT2D eigenvalue weighted by Crippen LogP contribution is 2.20. The van der Waals surface area contributed by atoms with Crippen LogP contribution in [0.15, 0.2) is 0 Å². The summed E-state index contributed by atoms with van der Waals surface area (Å²) >= 11 is 0. The molecule has 0 aromatic carbocycles. The lowest BCUT2D eigenvalue weighted by atomic mass is 9.94. The zero-order valence-corrected chi connectivity index (χ0v) is 14.0. The predicted molar refractivity (Wildman–Crippen MR) is 84.9 cm³/mol. The van der Waals surface area contributed by atoms with Crippen LogP contribution in [-0.2, 0) is 9.59 Å². The Kier molecular flexibility index (Phi) is 5.85. The summed E-state index contributed by atoms with van der Waals surface area (Å²) in [6, 6.07) is -0.779. The number of hydrogen-bond acceptors (Lipinski definition) is 3. The Morgan fingerprint density at radius 1 is 1.00 bits per heavy atom. The Labute approximate surface area is 137 Å². The van der Waals surface area contributed by atoms with Gasteiger partial charge in [0.25, 0.3) is 0 Å². The Bertz CT molecular complexity index is 452. The smallest absolute Gasteiger partial charge is 0.326 e. The van der Waals surface area contributed by atoms with E-state index in [0.29, 0.717) is 25.9 Å². The molecule has 2 rings (SSSR count). The van der Waals surface area contributed by atoms with Gasteiger partial charge in [0.2, 0.25) is 5.91 Å². The van der Waals surface area contributed by atoms with E-state index in [9.17, 15) is 14.4 Å². The number of urea groups is 1. The van der Waals surface area contributed by atoms with Crippen molar-refractivity contribution >= 4 is 17.9 Å². The summed E-state index contributed by atoms with van der Waals surface area (Å²) < 4.78 is 0. The molecule has 2 saturated heterocycles. The molecule has 0 aromatic rings. The van der Waals surface area contributed by atoms with E-state index in [-0.39, 0.29) is 23.8 Å². The topological polar surface area (TPSA) is 90.0 Å². The number of aliphatic carboxylic acids is 1. The SMILES string of the molecule is CC(C)[C@H](NC(=O)C1CCN(C(=O)N2CCCC2)CC1)C(=O)O. The third-order valence-corrected chi connectivity index (χ3v) is 4.74. The number of likely N-dealkylation sites (tertiary alicyclic amines) is 2. The van der Waals surface area contributed by atoms with Gasteiger partial charge in [0.1, 0.15) is 6.04 Å². The minimum atomic E-state index is -1.00. The lowest BCUT2D eigenvalue weighted by Gasteiger charge is -2.34. The van der Waals surface area contributed by atoms with Crippen LogP contribution < -0.4 is 5.32 Å². The number of nitrogens with zero attached hydrogens (tertiary/aromatic N) is 2. The summed E-state index contributed by atoms with van der Waals surface area (Å²) in [7, 11) is 0. The van der Waals surface area contributed by atoms with Gasteiger partial charge in [0.15, 0.2) is 0 Å². The first-order chi connectivity index (χ1) is 10.9. The second-order valence-electron chi connectivity index (χ2n) is 6.81. The highest BCUT2D eigenvalue weighted by Gasteiger charge is 2.32. The number of carboxylic acid groups (broad SMARTS) is 1. The van der Waals surface area contributed by atoms with Crippen LogP contribution >= 0.6 is 0 Å². The zero-order chi connectivity index (χ0) is 17.0. The van der Waals surface area contributed by atoms with Crippen LogP contribution in [0, 0.1) is 11.8 Å². The van der Waals surface area contributed by atoms with Crippen molar-refractivity contribution < 1.29 is 19.5 Å². The number of rotatable bonds is 4. The van der Waals surface area contributed by atoms with E-state index in [4.69, 9.17) is 5.11 Å². The van der Waals surface area contributed by atoms with Gasteiger partial charge in [-0.25, -0.2) is 9.59 Å². The molecule has 0 aromatic heterocycles. The Hall–Kier alpha value is -1.79. The molecule has 2 aliphatic rings. The fraction of sp³-hybridized carbons (Fsp3) is 0.812. The maximum absolute atomic E-state index is 12.3. The molecule has 0 bridgehead atoms. The van der Waals surface area contributed by atoms with E-state index < -0.39 is 12.0 Å². The molecule has 2 N–H and O–H groups in total. The van der Waals surface area contributed by atoms with E-state index in [0.717, 1.165) is 25.9 Å². The number of carbonyl (C=O) groups is 3. The van der Waals surface area contributed by atoms with Crippen molar-refractivity contribution in [2.75, 3.05) is 26.2 Å². The molecule has 2 aliphatic heterocycles. The van der Waals surface area contributed by atoms with Gasteiger partial charge >= 0.3 is 12.0 Å². The van der Waals surface area contributed by atoms with Gasteiger partial charge in [0, 0.05) is 32.1 Å². The predicted octanol–water partition coefficient (Wildman–Crippen LogP) is 1.14. The van der Waals surface area contributed by atoms with Crippen LogP contribution in [0.25, 0.3) is 0 Å². The van der Waals surface area contributed by atoms with Gasteiger partial charge < -0.3 is 20.2 Å². The summed E-state index contributed by atoms with van der Waals surface area (Å²) in [5.74, 6) is -1.58. The first-order valence-electron chi connectivity index (χ1n) is 8.47. The van der Waals surface area contributed by atoms with Crippen LogP contribution in [0.1, 0.15) is 39.5 Å². The van der Waals surface area contributed by atoms with E-state index >= 15 is 0 Å².